The zero-order valence-electron chi connectivity index (χ0n) is 13.7. The van der Waals surface area contributed by atoms with Gasteiger partial charge in [-0.05, 0) is 34.5 Å². The minimum absolute atomic E-state index is 0.160. The Morgan fingerprint density at radius 3 is 2.77 bits per heavy atom. The lowest BCUT2D eigenvalue weighted by atomic mass is 10.1. The van der Waals surface area contributed by atoms with E-state index >= 15 is 0 Å². The normalized spacial score (nSPS) is 11.0. The van der Waals surface area contributed by atoms with Crippen LogP contribution in [-0.4, -0.2) is 30.7 Å². The third-order valence-electron chi connectivity index (χ3n) is 3.77. The molecule has 3 heterocycles. The smallest absolute Gasteiger partial charge is 0.253 e. The van der Waals surface area contributed by atoms with E-state index in [0.717, 1.165) is 31.4 Å². The highest BCUT2D eigenvalue weighted by molar-refractivity contribution is 9.10. The van der Waals surface area contributed by atoms with Gasteiger partial charge in [0.2, 0.25) is 4.96 Å². The van der Waals surface area contributed by atoms with Crippen LogP contribution in [0.2, 0.25) is 0 Å². The monoisotopic (exact) mass is 428 g/mol. The Labute approximate surface area is 161 Å². The van der Waals surface area contributed by atoms with Crippen molar-refractivity contribution in [1.29, 1.82) is 0 Å². The highest BCUT2D eigenvalue weighted by Crippen LogP contribution is 2.25. The Morgan fingerprint density at radius 1 is 1.23 bits per heavy atom. The van der Waals surface area contributed by atoms with Crippen molar-refractivity contribution in [3.8, 4) is 10.6 Å². The third-order valence-corrected chi connectivity index (χ3v) is 5.15. The Balaban J connectivity index is 1.45. The molecule has 0 saturated carbocycles. The molecule has 0 aliphatic rings. The molecule has 1 aromatic carbocycles. The molecule has 0 aliphatic heterocycles. The van der Waals surface area contributed by atoms with Gasteiger partial charge in [0.05, 0.1) is 5.56 Å². The van der Waals surface area contributed by atoms with Crippen molar-refractivity contribution in [2.75, 3.05) is 0 Å². The fourth-order valence-corrected chi connectivity index (χ4v) is 3.67. The number of amides is 1. The molecule has 0 aliphatic carbocycles. The zero-order chi connectivity index (χ0) is 18.1. The zero-order valence-corrected chi connectivity index (χ0v) is 16.1. The van der Waals surface area contributed by atoms with Crippen LogP contribution in [0.5, 0.6) is 0 Å². The molecule has 130 valence electrons. The van der Waals surface area contributed by atoms with Crippen LogP contribution in [0.4, 0.5) is 0 Å². The summed E-state index contributed by atoms with van der Waals surface area (Å²) in [5.74, 6) is 0.607. The number of carbonyl (C=O) groups excluding carboxylic acids is 1. The van der Waals surface area contributed by atoms with E-state index in [4.69, 9.17) is 0 Å². The van der Waals surface area contributed by atoms with Gasteiger partial charge in [-0.1, -0.05) is 35.6 Å². The second-order valence-electron chi connectivity index (χ2n) is 5.62. The number of hydrogen-bond acceptors (Lipinski definition) is 6. The molecular formula is C17H13BrN6OS. The molecule has 0 unspecified atom stereocenters. The summed E-state index contributed by atoms with van der Waals surface area (Å²) in [6, 6.07) is 9.67. The first kappa shape index (κ1) is 16.8. The Bertz CT molecular complexity index is 1090. The molecular weight excluding hydrogens is 416 g/mol. The van der Waals surface area contributed by atoms with Gasteiger partial charge in [-0.25, -0.2) is 0 Å². The minimum Gasteiger partial charge on any atom is -0.348 e. The van der Waals surface area contributed by atoms with E-state index in [1.807, 2.05) is 31.2 Å². The minimum atomic E-state index is -0.160. The van der Waals surface area contributed by atoms with E-state index in [1.54, 1.807) is 23.0 Å². The number of aromatic nitrogens is 5. The van der Waals surface area contributed by atoms with E-state index < -0.39 is 0 Å². The number of benzene rings is 1. The van der Waals surface area contributed by atoms with Gasteiger partial charge >= 0.3 is 0 Å². The van der Waals surface area contributed by atoms with Gasteiger partial charge in [0.15, 0.2) is 5.82 Å². The number of rotatable bonds is 4. The van der Waals surface area contributed by atoms with Crippen LogP contribution >= 0.6 is 27.3 Å². The van der Waals surface area contributed by atoms with Crippen molar-refractivity contribution < 1.29 is 4.79 Å². The lowest BCUT2D eigenvalue weighted by molar-refractivity contribution is 0.0950. The van der Waals surface area contributed by atoms with Crippen molar-refractivity contribution in [3.05, 3.63) is 64.1 Å². The molecule has 4 aromatic rings. The van der Waals surface area contributed by atoms with Gasteiger partial charge < -0.3 is 5.32 Å². The summed E-state index contributed by atoms with van der Waals surface area (Å²) in [7, 11) is 0. The first-order valence-corrected chi connectivity index (χ1v) is 9.38. The topological polar surface area (TPSA) is 85.1 Å². The molecule has 7 nitrogen and oxygen atoms in total. The molecule has 0 fully saturated rings. The highest BCUT2D eigenvalue weighted by Gasteiger charge is 2.11. The van der Waals surface area contributed by atoms with Crippen molar-refractivity contribution in [1.82, 2.24) is 30.1 Å². The number of hydrogen-bond donors (Lipinski definition) is 1. The number of nitrogens with zero attached hydrogens (tertiary/aromatic N) is 5. The van der Waals surface area contributed by atoms with Crippen LogP contribution in [0, 0.1) is 6.92 Å². The third kappa shape index (κ3) is 3.35. The largest absolute Gasteiger partial charge is 0.348 e. The molecule has 9 heteroatoms. The first-order valence-electron chi connectivity index (χ1n) is 7.77. The van der Waals surface area contributed by atoms with Crippen LogP contribution in [0.15, 0.2) is 47.2 Å². The maximum atomic E-state index is 12.2. The van der Waals surface area contributed by atoms with E-state index in [2.05, 4.69) is 41.5 Å². The van der Waals surface area contributed by atoms with Crippen LogP contribution in [-0.2, 0) is 6.54 Å². The summed E-state index contributed by atoms with van der Waals surface area (Å²) >= 11 is 4.80. The molecule has 0 saturated heterocycles. The quantitative estimate of drug-likeness (QED) is 0.539. The van der Waals surface area contributed by atoms with E-state index in [0.29, 0.717) is 12.1 Å². The lowest BCUT2D eigenvalue weighted by Crippen LogP contribution is -2.22. The predicted octanol–water partition coefficient (Wildman–Crippen LogP) is 3.25. The number of nitrogens with one attached hydrogen (secondary N) is 1. The average Bonchev–Trinajstić information content (AvgIpc) is 3.22. The molecule has 0 bridgehead atoms. The summed E-state index contributed by atoms with van der Waals surface area (Å²) in [6.45, 7) is 2.31. The Morgan fingerprint density at radius 2 is 2.04 bits per heavy atom. The molecule has 0 radical (unpaired) electrons. The lowest BCUT2D eigenvalue weighted by Gasteiger charge is -2.06. The predicted molar refractivity (Wildman–Crippen MR) is 102 cm³/mol. The van der Waals surface area contributed by atoms with Crippen molar-refractivity contribution in [2.24, 2.45) is 0 Å². The van der Waals surface area contributed by atoms with Crippen LogP contribution in [0.25, 0.3) is 15.5 Å². The number of halogens is 1. The first-order chi connectivity index (χ1) is 12.6. The molecule has 1 N–H and O–H groups in total. The molecule has 0 spiro atoms. The average molecular weight is 429 g/mol. The van der Waals surface area contributed by atoms with Gasteiger partial charge in [-0.2, -0.15) is 9.61 Å². The van der Waals surface area contributed by atoms with Crippen molar-refractivity contribution >= 4 is 38.1 Å². The second kappa shape index (κ2) is 6.93. The van der Waals surface area contributed by atoms with Gasteiger partial charge in [0.1, 0.15) is 5.01 Å². The van der Waals surface area contributed by atoms with Crippen LogP contribution in [0.1, 0.15) is 21.7 Å². The number of pyridine rings is 1. The highest BCUT2D eigenvalue weighted by atomic mass is 79.9. The summed E-state index contributed by atoms with van der Waals surface area (Å²) in [5.41, 5.74) is 2.53. The van der Waals surface area contributed by atoms with Gasteiger partial charge in [0, 0.05) is 29.0 Å². The standard InChI is InChI=1S/C17H13BrN6OS/c1-10-21-22-17-24(10)23-16(26-17)12-4-2-11(3-5-12)7-20-15(25)13-6-14(18)9-19-8-13/h2-6,8-9H,7H2,1H3,(H,20,25). The maximum absolute atomic E-state index is 12.2. The van der Waals surface area contributed by atoms with E-state index in [9.17, 15) is 4.79 Å². The molecule has 0 atom stereocenters. The molecule has 26 heavy (non-hydrogen) atoms. The van der Waals surface area contributed by atoms with E-state index in [-0.39, 0.29) is 5.91 Å². The molecule has 3 aromatic heterocycles. The number of aryl methyl sites for hydroxylation is 1. The van der Waals surface area contributed by atoms with Crippen LogP contribution in [0.3, 0.4) is 0 Å². The van der Waals surface area contributed by atoms with E-state index in [1.165, 1.54) is 11.3 Å². The number of fused-ring (bicyclic) bond motifs is 1. The van der Waals surface area contributed by atoms with Crippen molar-refractivity contribution in [3.63, 3.8) is 0 Å². The van der Waals surface area contributed by atoms with Gasteiger partial charge in [-0.15, -0.1) is 10.2 Å². The summed E-state index contributed by atoms with van der Waals surface area (Å²) in [6.07, 6.45) is 3.18. The number of carbonyl (C=O) groups is 1. The van der Waals surface area contributed by atoms with Gasteiger partial charge in [0.25, 0.3) is 5.91 Å². The van der Waals surface area contributed by atoms with Gasteiger partial charge in [-0.3, -0.25) is 9.78 Å². The fraction of sp³-hybridized carbons (Fsp3) is 0.118. The van der Waals surface area contributed by atoms with Crippen molar-refractivity contribution in [2.45, 2.75) is 13.5 Å². The summed E-state index contributed by atoms with van der Waals surface area (Å²) in [4.78, 5) is 16.9. The second-order valence-corrected chi connectivity index (χ2v) is 7.49. The Hall–Kier alpha value is -2.65. The Kier molecular flexibility index (Phi) is 4.48. The summed E-state index contributed by atoms with van der Waals surface area (Å²) < 4.78 is 2.51. The SMILES string of the molecule is Cc1nnc2sc(-c3ccc(CNC(=O)c4cncc(Br)c4)cc3)nn12. The van der Waals surface area contributed by atoms with Crippen LogP contribution < -0.4 is 5.32 Å². The fourth-order valence-electron chi connectivity index (χ4n) is 2.42. The molecule has 1 amide bonds. The molecule has 4 rings (SSSR count). The maximum Gasteiger partial charge on any atom is 0.253 e. The summed E-state index contributed by atoms with van der Waals surface area (Å²) in [5, 5.41) is 16.4.